The Labute approximate surface area is 77.6 Å². The van der Waals surface area contributed by atoms with Gasteiger partial charge in [0.1, 0.15) is 0 Å². The molecule has 0 amide bonds. The number of thiol groups is 1. The number of hydrogen-bond donors (Lipinski definition) is 1. The largest absolute Gasteiger partial charge is 0.318 e. The predicted molar refractivity (Wildman–Crippen MR) is 55.6 cm³/mol. The van der Waals surface area contributed by atoms with Crippen molar-refractivity contribution in [3.63, 3.8) is 0 Å². The molecule has 0 aromatic heterocycles. The summed E-state index contributed by atoms with van der Waals surface area (Å²) in [6, 6.07) is 0. The highest BCUT2D eigenvalue weighted by molar-refractivity contribution is 8.60. The van der Waals surface area contributed by atoms with Crippen LogP contribution in [0.3, 0.4) is 0 Å². The second kappa shape index (κ2) is 5.98. The highest BCUT2D eigenvalue weighted by Gasteiger charge is 2.09. The Kier molecular flexibility index (Phi) is 6.19. The molecule has 0 aliphatic carbocycles. The molecule has 0 unspecified atom stereocenters. The fourth-order valence-electron chi connectivity index (χ4n) is 0.331. The number of rotatable bonds is 6. The van der Waals surface area contributed by atoms with Crippen LogP contribution in [0.4, 0.5) is 0 Å². The molecule has 64 valence electrons. The maximum Gasteiger partial charge on any atom is 0.244 e. The van der Waals surface area contributed by atoms with Gasteiger partial charge in [-0.1, -0.05) is 24.4 Å². The van der Waals surface area contributed by atoms with Crippen LogP contribution in [0.15, 0.2) is 25.3 Å². The fourth-order valence-corrected chi connectivity index (χ4v) is 1.76. The van der Waals surface area contributed by atoms with Gasteiger partial charge in [-0.05, 0) is 11.8 Å². The molecule has 0 bridgehead atoms. The normalized spacial score (nSPS) is 11.0. The van der Waals surface area contributed by atoms with Crippen molar-refractivity contribution in [2.24, 2.45) is 0 Å². The zero-order valence-electron chi connectivity index (χ0n) is 6.10. The minimum Gasteiger partial charge on any atom is -0.318 e. The summed E-state index contributed by atoms with van der Waals surface area (Å²) in [4.78, 5) is 0. The highest BCUT2D eigenvalue weighted by atomic mass is 32.9. The summed E-state index contributed by atoms with van der Waals surface area (Å²) in [6.07, 6.45) is 3.21. The third-order valence-corrected chi connectivity index (χ3v) is 2.99. The summed E-state index contributed by atoms with van der Waals surface area (Å²) >= 11 is 8.95. The molecule has 0 aromatic rings. The zero-order chi connectivity index (χ0) is 8.74. The Balaban J connectivity index is 3.69. The Hall–Kier alpha value is 0.400. The van der Waals surface area contributed by atoms with Gasteiger partial charge in [-0.3, -0.25) is 0 Å². The molecule has 0 N–H and O–H groups in total. The van der Waals surface area contributed by atoms with Crippen molar-refractivity contribution in [1.82, 2.24) is 0 Å². The predicted octanol–water partition coefficient (Wildman–Crippen LogP) is 2.55. The molecule has 0 atom stereocenters. The standard InChI is InChI=1S/C6H11O2PS2/c1-3-5-7-9(10,11)8-6-4-2/h3-4H,1-2,5-6H2,(H,10,11). The Morgan fingerprint density at radius 3 is 1.91 bits per heavy atom. The van der Waals surface area contributed by atoms with Crippen molar-refractivity contribution >= 4 is 29.7 Å². The van der Waals surface area contributed by atoms with Gasteiger partial charge in [0.05, 0.1) is 13.2 Å². The molecule has 0 saturated heterocycles. The average Bonchev–Trinajstić information content (AvgIpc) is 1.97. The monoisotopic (exact) mass is 210 g/mol. The molecule has 0 rings (SSSR count). The van der Waals surface area contributed by atoms with Crippen molar-refractivity contribution < 1.29 is 9.05 Å². The second-order valence-electron chi connectivity index (χ2n) is 1.64. The summed E-state index contributed by atoms with van der Waals surface area (Å²) in [6.45, 7) is 7.71. The van der Waals surface area contributed by atoms with Crippen LogP contribution in [0.1, 0.15) is 0 Å². The smallest absolute Gasteiger partial charge is 0.244 e. The van der Waals surface area contributed by atoms with E-state index in [1.54, 1.807) is 12.2 Å². The van der Waals surface area contributed by atoms with E-state index in [0.717, 1.165) is 0 Å². The topological polar surface area (TPSA) is 18.5 Å². The van der Waals surface area contributed by atoms with Gasteiger partial charge in [-0.2, -0.15) is 0 Å². The van der Waals surface area contributed by atoms with E-state index < -0.39 is 5.69 Å². The van der Waals surface area contributed by atoms with Crippen molar-refractivity contribution in [3.05, 3.63) is 25.3 Å². The summed E-state index contributed by atoms with van der Waals surface area (Å²) < 4.78 is 10.2. The Morgan fingerprint density at radius 1 is 1.27 bits per heavy atom. The molecule has 5 heteroatoms. The van der Waals surface area contributed by atoms with E-state index in [-0.39, 0.29) is 0 Å². The van der Waals surface area contributed by atoms with Crippen LogP contribution in [0.25, 0.3) is 0 Å². The van der Waals surface area contributed by atoms with E-state index >= 15 is 0 Å². The van der Waals surface area contributed by atoms with Gasteiger partial charge in [-0.15, -0.1) is 13.2 Å². The summed E-state index contributed by atoms with van der Waals surface area (Å²) in [7, 11) is 0. The lowest BCUT2D eigenvalue weighted by atomic mass is 10.7. The number of hydrogen-bond acceptors (Lipinski definition) is 3. The Morgan fingerprint density at radius 2 is 1.64 bits per heavy atom. The molecule has 0 saturated carbocycles. The first-order valence-electron chi connectivity index (χ1n) is 2.96. The Bertz CT molecular complexity index is 165. The van der Waals surface area contributed by atoms with Gasteiger partial charge in [0.25, 0.3) is 0 Å². The summed E-state index contributed by atoms with van der Waals surface area (Å²) in [5.41, 5.74) is -2.34. The maximum atomic E-state index is 5.08. The average molecular weight is 210 g/mol. The molecule has 0 radical (unpaired) electrons. The minimum absolute atomic E-state index is 0.373. The lowest BCUT2D eigenvalue weighted by molar-refractivity contribution is 0.303. The van der Waals surface area contributed by atoms with Crippen LogP contribution in [0.2, 0.25) is 0 Å². The van der Waals surface area contributed by atoms with Gasteiger partial charge < -0.3 is 9.05 Å². The van der Waals surface area contributed by atoms with E-state index in [0.29, 0.717) is 13.2 Å². The molecular weight excluding hydrogens is 199 g/mol. The first kappa shape index (κ1) is 11.4. The fraction of sp³-hybridized carbons (Fsp3) is 0.333. The first-order valence-corrected chi connectivity index (χ1v) is 6.75. The van der Waals surface area contributed by atoms with Crippen LogP contribution in [-0.4, -0.2) is 13.2 Å². The van der Waals surface area contributed by atoms with Gasteiger partial charge in [0.2, 0.25) is 5.69 Å². The van der Waals surface area contributed by atoms with Crippen molar-refractivity contribution in [3.8, 4) is 0 Å². The maximum absolute atomic E-state index is 5.08. The second-order valence-corrected chi connectivity index (χ2v) is 6.92. The van der Waals surface area contributed by atoms with Gasteiger partial charge >= 0.3 is 0 Å². The molecule has 0 aliphatic rings. The summed E-state index contributed by atoms with van der Waals surface area (Å²) in [5.74, 6) is 0. The molecular formula is C6H11O2PS2. The zero-order valence-corrected chi connectivity index (χ0v) is 8.71. The van der Waals surface area contributed by atoms with Crippen molar-refractivity contribution in [1.29, 1.82) is 0 Å². The van der Waals surface area contributed by atoms with E-state index in [1.165, 1.54) is 0 Å². The van der Waals surface area contributed by atoms with E-state index in [9.17, 15) is 0 Å². The summed E-state index contributed by atoms with van der Waals surface area (Å²) in [5, 5.41) is 0. The molecule has 0 spiro atoms. The molecule has 0 heterocycles. The third kappa shape index (κ3) is 6.78. The lowest BCUT2D eigenvalue weighted by Gasteiger charge is -2.13. The molecule has 0 aromatic carbocycles. The van der Waals surface area contributed by atoms with Crippen LogP contribution >= 0.6 is 17.9 Å². The highest BCUT2D eigenvalue weighted by Crippen LogP contribution is 2.53. The van der Waals surface area contributed by atoms with Crippen LogP contribution < -0.4 is 0 Å². The van der Waals surface area contributed by atoms with Gasteiger partial charge in [0, 0.05) is 0 Å². The molecule has 11 heavy (non-hydrogen) atoms. The van der Waals surface area contributed by atoms with Crippen molar-refractivity contribution in [2.45, 2.75) is 0 Å². The quantitative estimate of drug-likeness (QED) is 0.413. The van der Waals surface area contributed by atoms with Crippen molar-refractivity contribution in [2.75, 3.05) is 13.2 Å². The van der Waals surface area contributed by atoms with E-state index in [4.69, 9.17) is 20.9 Å². The van der Waals surface area contributed by atoms with E-state index in [1.807, 2.05) is 0 Å². The van der Waals surface area contributed by atoms with Gasteiger partial charge in [-0.25, -0.2) is 0 Å². The lowest BCUT2D eigenvalue weighted by Crippen LogP contribution is -1.90. The van der Waals surface area contributed by atoms with Gasteiger partial charge in [0.15, 0.2) is 0 Å². The van der Waals surface area contributed by atoms with Crippen LogP contribution in [0.5, 0.6) is 0 Å². The molecule has 2 nitrogen and oxygen atoms in total. The minimum atomic E-state index is -2.34. The third-order valence-electron chi connectivity index (χ3n) is 0.711. The molecule has 0 fully saturated rings. The first-order chi connectivity index (χ1) is 5.12. The van der Waals surface area contributed by atoms with E-state index in [2.05, 4.69) is 25.4 Å². The molecule has 0 aliphatic heterocycles. The van der Waals surface area contributed by atoms with Crippen LogP contribution in [-0.2, 0) is 20.9 Å². The SMILES string of the molecule is C=CCOP(=S)(S)OCC=C. The van der Waals surface area contributed by atoms with Crippen LogP contribution in [0, 0.1) is 0 Å².